The molecule has 1 fully saturated rings. The highest BCUT2D eigenvalue weighted by atomic mass is 19.4. The van der Waals surface area contributed by atoms with Gasteiger partial charge >= 0.3 is 12.1 Å². The predicted molar refractivity (Wildman–Crippen MR) is 120 cm³/mol. The summed E-state index contributed by atoms with van der Waals surface area (Å²) >= 11 is 0. The number of carboxylic acids is 1. The smallest absolute Gasteiger partial charge is 0.475 e. The monoisotopic (exact) mass is 476 g/mol. The Bertz CT molecular complexity index is 1090. The van der Waals surface area contributed by atoms with E-state index in [1.165, 1.54) is 22.3 Å². The van der Waals surface area contributed by atoms with Crippen molar-refractivity contribution in [2.75, 3.05) is 13.1 Å². The molecule has 10 heteroatoms. The Hall–Kier alpha value is -3.24. The number of hydrogen-bond acceptors (Lipinski definition) is 5. The summed E-state index contributed by atoms with van der Waals surface area (Å²) in [5.74, 6) is -2.76. The van der Waals surface area contributed by atoms with Gasteiger partial charge in [-0.3, -0.25) is 4.90 Å². The average Bonchev–Trinajstić information content (AvgIpc) is 3.29. The molecular formula is C24H27F3N4O3. The normalized spacial score (nSPS) is 15.0. The van der Waals surface area contributed by atoms with E-state index in [1.807, 2.05) is 10.9 Å². The van der Waals surface area contributed by atoms with Crippen molar-refractivity contribution in [2.24, 2.45) is 0 Å². The first-order chi connectivity index (χ1) is 16.2. The number of hydrogen-bond donors (Lipinski definition) is 2. The lowest BCUT2D eigenvalue weighted by atomic mass is 9.98. The zero-order chi connectivity index (χ0) is 24.7. The third kappa shape index (κ3) is 6.88. The number of aliphatic hydroxyl groups excluding tert-OH is 1. The van der Waals surface area contributed by atoms with Crippen LogP contribution in [0.3, 0.4) is 0 Å². The molecule has 3 aromatic rings. The maximum Gasteiger partial charge on any atom is 0.490 e. The van der Waals surface area contributed by atoms with Crippen LogP contribution in [0, 0.1) is 6.92 Å². The van der Waals surface area contributed by atoms with Crippen molar-refractivity contribution >= 4 is 5.97 Å². The van der Waals surface area contributed by atoms with E-state index in [0.29, 0.717) is 11.7 Å². The number of aliphatic carboxylic acids is 1. The minimum atomic E-state index is -5.08. The van der Waals surface area contributed by atoms with Gasteiger partial charge in [-0.25, -0.2) is 9.48 Å². The largest absolute Gasteiger partial charge is 0.490 e. The minimum absolute atomic E-state index is 0.0456. The summed E-state index contributed by atoms with van der Waals surface area (Å²) in [4.78, 5) is 11.4. The molecule has 34 heavy (non-hydrogen) atoms. The molecule has 0 aliphatic carbocycles. The minimum Gasteiger partial charge on any atom is -0.475 e. The summed E-state index contributed by atoms with van der Waals surface area (Å²) in [7, 11) is 0. The molecule has 1 aliphatic rings. The molecule has 0 saturated carbocycles. The van der Waals surface area contributed by atoms with Crippen molar-refractivity contribution in [1.29, 1.82) is 0 Å². The van der Waals surface area contributed by atoms with Crippen molar-refractivity contribution in [3.05, 3.63) is 71.5 Å². The Balaban J connectivity index is 0.000000406. The second-order valence-electron chi connectivity index (χ2n) is 8.17. The standard InChI is InChI=1S/C22H26N4O.C2HF3O2/c1-17-5-2-3-8-22(17)19-7-4-6-18(13-19)14-25-11-9-21(10-12-25)26-15-20(16-27)23-24-26;3-2(4,5)1(6)7/h2-8,13,15,21,27H,9-12,14,16H2,1H3;(H,6,7). The Labute approximate surface area is 195 Å². The van der Waals surface area contributed by atoms with Crippen LogP contribution in [0.25, 0.3) is 11.1 Å². The highest BCUT2D eigenvalue weighted by Crippen LogP contribution is 2.26. The van der Waals surface area contributed by atoms with Crippen molar-refractivity contribution in [1.82, 2.24) is 19.9 Å². The van der Waals surface area contributed by atoms with E-state index in [9.17, 15) is 13.2 Å². The van der Waals surface area contributed by atoms with Gasteiger partial charge < -0.3 is 10.2 Å². The van der Waals surface area contributed by atoms with E-state index in [0.717, 1.165) is 32.5 Å². The van der Waals surface area contributed by atoms with Crippen LogP contribution in [-0.4, -0.2) is 55.3 Å². The van der Waals surface area contributed by atoms with Gasteiger partial charge in [0.25, 0.3) is 0 Å². The number of nitrogens with zero attached hydrogens (tertiary/aromatic N) is 4. The van der Waals surface area contributed by atoms with Gasteiger partial charge in [-0.2, -0.15) is 13.2 Å². The van der Waals surface area contributed by atoms with Gasteiger partial charge in [0, 0.05) is 19.6 Å². The molecule has 0 radical (unpaired) electrons. The lowest BCUT2D eigenvalue weighted by Gasteiger charge is -2.31. The Morgan fingerprint density at radius 1 is 1.12 bits per heavy atom. The predicted octanol–water partition coefficient (Wildman–Crippen LogP) is 4.22. The molecule has 2 aromatic carbocycles. The summed E-state index contributed by atoms with van der Waals surface area (Å²) in [6, 6.07) is 17.8. The van der Waals surface area contributed by atoms with Crippen LogP contribution in [-0.2, 0) is 17.9 Å². The number of benzene rings is 2. The Kier molecular flexibility index (Phi) is 8.41. The van der Waals surface area contributed by atoms with E-state index in [4.69, 9.17) is 15.0 Å². The molecule has 2 heterocycles. The molecular weight excluding hydrogens is 449 g/mol. The topological polar surface area (TPSA) is 91.5 Å². The van der Waals surface area contributed by atoms with Crippen LogP contribution in [0.1, 0.15) is 35.7 Å². The van der Waals surface area contributed by atoms with Crippen molar-refractivity contribution in [3.8, 4) is 11.1 Å². The highest BCUT2D eigenvalue weighted by molar-refractivity contribution is 5.73. The fourth-order valence-electron chi connectivity index (χ4n) is 3.90. The molecule has 182 valence electrons. The van der Waals surface area contributed by atoms with Crippen LogP contribution in [0.2, 0.25) is 0 Å². The summed E-state index contributed by atoms with van der Waals surface area (Å²) in [5, 5.41) is 24.4. The Morgan fingerprint density at radius 3 is 2.38 bits per heavy atom. The first-order valence-electron chi connectivity index (χ1n) is 10.9. The van der Waals surface area contributed by atoms with E-state index in [-0.39, 0.29) is 6.61 Å². The van der Waals surface area contributed by atoms with Gasteiger partial charge in [0.2, 0.25) is 0 Å². The fourth-order valence-corrected chi connectivity index (χ4v) is 3.90. The number of aromatic nitrogens is 3. The van der Waals surface area contributed by atoms with Gasteiger partial charge in [-0.05, 0) is 48.1 Å². The number of halogens is 3. The number of carbonyl (C=O) groups is 1. The van der Waals surface area contributed by atoms with E-state index >= 15 is 0 Å². The molecule has 1 saturated heterocycles. The molecule has 0 unspecified atom stereocenters. The third-order valence-corrected chi connectivity index (χ3v) is 5.68. The summed E-state index contributed by atoms with van der Waals surface area (Å²) in [6.45, 7) is 5.20. The van der Waals surface area contributed by atoms with Crippen molar-refractivity contribution in [3.63, 3.8) is 0 Å². The second-order valence-corrected chi connectivity index (χ2v) is 8.17. The molecule has 0 bridgehead atoms. The van der Waals surface area contributed by atoms with Crippen LogP contribution < -0.4 is 0 Å². The number of rotatable bonds is 5. The summed E-state index contributed by atoms with van der Waals surface area (Å²) in [6.07, 6.45) is -1.09. The van der Waals surface area contributed by atoms with Gasteiger partial charge in [0.15, 0.2) is 0 Å². The maximum atomic E-state index is 10.6. The maximum absolute atomic E-state index is 10.6. The van der Waals surface area contributed by atoms with E-state index in [1.54, 1.807) is 0 Å². The van der Waals surface area contributed by atoms with Crippen LogP contribution in [0.4, 0.5) is 13.2 Å². The first-order valence-corrected chi connectivity index (χ1v) is 10.9. The zero-order valence-corrected chi connectivity index (χ0v) is 18.7. The molecule has 2 N–H and O–H groups in total. The van der Waals surface area contributed by atoms with Crippen LogP contribution in [0.15, 0.2) is 54.7 Å². The molecule has 0 spiro atoms. The first kappa shape index (κ1) is 25.4. The molecule has 0 amide bonds. The molecule has 1 aliphatic heterocycles. The van der Waals surface area contributed by atoms with Gasteiger partial charge in [0.1, 0.15) is 5.69 Å². The number of aliphatic hydroxyl groups is 1. The molecule has 1 aromatic heterocycles. The lowest BCUT2D eigenvalue weighted by molar-refractivity contribution is -0.192. The number of carboxylic acid groups (broad SMARTS) is 1. The van der Waals surface area contributed by atoms with E-state index in [2.05, 4.69) is 70.7 Å². The second kappa shape index (κ2) is 11.3. The summed E-state index contributed by atoms with van der Waals surface area (Å²) < 4.78 is 33.7. The zero-order valence-electron chi connectivity index (χ0n) is 18.7. The number of alkyl halides is 3. The van der Waals surface area contributed by atoms with Gasteiger partial charge in [-0.1, -0.05) is 47.7 Å². The van der Waals surface area contributed by atoms with Gasteiger partial charge in [-0.15, -0.1) is 5.10 Å². The number of aryl methyl sites for hydroxylation is 1. The van der Waals surface area contributed by atoms with E-state index < -0.39 is 12.1 Å². The number of likely N-dealkylation sites (tertiary alicyclic amines) is 1. The quantitative estimate of drug-likeness (QED) is 0.573. The fraction of sp³-hybridized carbons (Fsp3) is 0.375. The SMILES string of the molecule is Cc1ccccc1-c1cccc(CN2CCC(n3cc(CO)nn3)CC2)c1.O=C(O)C(F)(F)F. The lowest BCUT2D eigenvalue weighted by Crippen LogP contribution is -2.34. The molecule has 7 nitrogen and oxygen atoms in total. The van der Waals surface area contributed by atoms with Crippen molar-refractivity contribution in [2.45, 2.75) is 45.1 Å². The number of piperidine rings is 1. The highest BCUT2D eigenvalue weighted by Gasteiger charge is 2.38. The van der Waals surface area contributed by atoms with Crippen LogP contribution >= 0.6 is 0 Å². The average molecular weight is 476 g/mol. The van der Waals surface area contributed by atoms with Gasteiger partial charge in [0.05, 0.1) is 18.8 Å². The molecule has 4 rings (SSSR count). The van der Waals surface area contributed by atoms with Crippen molar-refractivity contribution < 1.29 is 28.2 Å². The van der Waals surface area contributed by atoms with Crippen LogP contribution in [0.5, 0.6) is 0 Å². The molecule has 0 atom stereocenters. The Morgan fingerprint density at radius 2 is 1.79 bits per heavy atom. The third-order valence-electron chi connectivity index (χ3n) is 5.68. The summed E-state index contributed by atoms with van der Waals surface area (Å²) in [5.41, 5.74) is 5.91.